The monoisotopic (exact) mass is 308 g/mol. The summed E-state index contributed by atoms with van der Waals surface area (Å²) in [6.45, 7) is 0. The molecule has 0 aliphatic rings. The third-order valence-corrected chi connectivity index (χ3v) is 4.84. The van der Waals surface area contributed by atoms with Crippen LogP contribution < -0.4 is 0 Å². The predicted molar refractivity (Wildman–Crippen MR) is 71.8 cm³/mol. The van der Waals surface area contributed by atoms with Gasteiger partial charge in [0.15, 0.2) is 0 Å². The van der Waals surface area contributed by atoms with E-state index >= 15 is 0 Å². The minimum absolute atomic E-state index is 0.123. The van der Waals surface area contributed by atoms with Crippen molar-refractivity contribution in [1.82, 2.24) is 0 Å². The number of thiophene rings is 1. The molecule has 0 saturated heterocycles. The molecule has 0 aliphatic heterocycles. The fourth-order valence-electron chi connectivity index (χ4n) is 1.61. The number of benzene rings is 1. The van der Waals surface area contributed by atoms with E-state index in [4.69, 9.17) is 27.6 Å². The Hall–Kier alpha value is -0.540. The number of rotatable bonds is 3. The van der Waals surface area contributed by atoms with Crippen LogP contribution in [0, 0.1) is 0 Å². The van der Waals surface area contributed by atoms with E-state index in [9.17, 15) is 9.36 Å². The third kappa shape index (κ3) is 2.83. The average Bonchev–Trinajstić information content (AvgIpc) is 2.55. The topological polar surface area (TPSA) is 54.4 Å². The second-order valence-electron chi connectivity index (χ2n) is 3.44. The zero-order valence-corrected chi connectivity index (χ0v) is 11.6. The van der Waals surface area contributed by atoms with Gasteiger partial charge >= 0.3 is 5.97 Å². The molecule has 1 heterocycles. The van der Waals surface area contributed by atoms with Crippen LogP contribution in [0.25, 0.3) is 10.1 Å². The summed E-state index contributed by atoms with van der Waals surface area (Å²) in [7, 11) is 0. The molecule has 0 spiro atoms. The van der Waals surface area contributed by atoms with Gasteiger partial charge in [-0.25, -0.2) is 4.79 Å². The number of aromatic carboxylic acids is 1. The Kier molecular flexibility index (Phi) is 3.50. The first kappa shape index (κ1) is 12.9. The lowest BCUT2D eigenvalue weighted by atomic mass is 10.1. The molecule has 0 radical (unpaired) electrons. The van der Waals surface area contributed by atoms with Crippen LogP contribution in [0.1, 0.15) is 15.2 Å². The van der Waals surface area contributed by atoms with Crippen LogP contribution >= 0.6 is 39.7 Å². The maximum Gasteiger partial charge on any atom is 0.346 e. The summed E-state index contributed by atoms with van der Waals surface area (Å²) in [6, 6.07) is 7.19. The van der Waals surface area contributed by atoms with Crippen molar-refractivity contribution in [3.8, 4) is 0 Å². The fraction of sp³-hybridized carbons (Fsp3) is 0.100. The van der Waals surface area contributed by atoms with Crippen LogP contribution in [-0.2, 0) is 10.7 Å². The number of carboxylic acids is 1. The summed E-state index contributed by atoms with van der Waals surface area (Å²) in [5.41, 5.74) is 0.450. The lowest BCUT2D eigenvalue weighted by Gasteiger charge is -2.02. The molecule has 1 aromatic carbocycles. The Morgan fingerprint density at radius 2 is 2.00 bits per heavy atom. The SMILES string of the molecule is O=C(O)c1sc2ccccc2c1CP(=O)(Cl)Cl. The van der Waals surface area contributed by atoms with Gasteiger partial charge in [-0.2, -0.15) is 0 Å². The summed E-state index contributed by atoms with van der Waals surface area (Å²) < 4.78 is 12.3. The van der Waals surface area contributed by atoms with Crippen LogP contribution in [0.2, 0.25) is 0 Å². The van der Waals surface area contributed by atoms with Crippen molar-refractivity contribution < 1.29 is 14.5 Å². The molecule has 3 nitrogen and oxygen atoms in total. The molecular weight excluding hydrogens is 302 g/mol. The van der Waals surface area contributed by atoms with Crippen molar-refractivity contribution in [3.63, 3.8) is 0 Å². The molecule has 0 unspecified atom stereocenters. The summed E-state index contributed by atoms with van der Waals surface area (Å²) in [5, 5.41) is 9.84. The van der Waals surface area contributed by atoms with Gasteiger partial charge in [-0.05, 0) is 39.5 Å². The van der Waals surface area contributed by atoms with E-state index in [1.165, 1.54) is 0 Å². The van der Waals surface area contributed by atoms with E-state index in [0.717, 1.165) is 21.4 Å². The maximum absolute atomic E-state index is 11.4. The number of hydrogen-bond donors (Lipinski definition) is 1. The van der Waals surface area contributed by atoms with Crippen molar-refractivity contribution in [1.29, 1.82) is 0 Å². The summed E-state index contributed by atoms with van der Waals surface area (Å²) in [5.74, 6) is -4.39. The second-order valence-corrected chi connectivity index (χ2v) is 9.74. The molecule has 7 heteroatoms. The number of carboxylic acid groups (broad SMARTS) is 1. The predicted octanol–water partition coefficient (Wildman–Crippen LogP) is 4.77. The number of hydrogen-bond acceptors (Lipinski definition) is 3. The van der Waals surface area contributed by atoms with Crippen LogP contribution in [0.3, 0.4) is 0 Å². The van der Waals surface area contributed by atoms with Crippen molar-refractivity contribution in [2.75, 3.05) is 0 Å². The normalized spacial score (nSPS) is 11.9. The Morgan fingerprint density at radius 1 is 1.35 bits per heavy atom. The molecule has 90 valence electrons. The highest BCUT2D eigenvalue weighted by atomic mass is 35.9. The molecule has 2 rings (SSSR count). The zero-order chi connectivity index (χ0) is 12.6. The average molecular weight is 309 g/mol. The number of carbonyl (C=O) groups is 1. The molecule has 0 saturated carbocycles. The number of halogens is 2. The van der Waals surface area contributed by atoms with E-state index < -0.39 is 11.8 Å². The molecule has 1 N–H and O–H groups in total. The molecule has 0 aliphatic carbocycles. The Labute approximate surface area is 111 Å². The summed E-state index contributed by atoms with van der Waals surface area (Å²) in [6.07, 6.45) is -0.123. The number of fused-ring (bicyclic) bond motifs is 1. The van der Waals surface area contributed by atoms with Gasteiger partial charge in [0.1, 0.15) is 4.88 Å². The van der Waals surface area contributed by atoms with Crippen molar-refractivity contribution in [3.05, 3.63) is 34.7 Å². The quantitative estimate of drug-likeness (QED) is 0.831. The molecule has 2 aromatic rings. The summed E-state index contributed by atoms with van der Waals surface area (Å²) >= 11 is 12.2. The zero-order valence-electron chi connectivity index (χ0n) is 8.39. The molecule has 17 heavy (non-hydrogen) atoms. The Morgan fingerprint density at radius 3 is 2.59 bits per heavy atom. The van der Waals surface area contributed by atoms with E-state index in [-0.39, 0.29) is 11.0 Å². The van der Waals surface area contributed by atoms with E-state index in [2.05, 4.69) is 0 Å². The van der Waals surface area contributed by atoms with E-state index in [0.29, 0.717) is 5.56 Å². The molecule has 1 aromatic heterocycles. The van der Waals surface area contributed by atoms with Crippen LogP contribution in [0.15, 0.2) is 24.3 Å². The van der Waals surface area contributed by atoms with Gasteiger partial charge in [-0.1, -0.05) is 18.2 Å². The lowest BCUT2D eigenvalue weighted by molar-refractivity contribution is 0.0701. The van der Waals surface area contributed by atoms with Crippen LogP contribution in [0.5, 0.6) is 0 Å². The molecule has 0 atom stereocenters. The van der Waals surface area contributed by atoms with Crippen LogP contribution in [0.4, 0.5) is 0 Å². The molecule has 0 bridgehead atoms. The van der Waals surface area contributed by atoms with Gasteiger partial charge in [0.25, 0.3) is 5.85 Å². The first-order valence-corrected chi connectivity index (χ1v) is 9.12. The van der Waals surface area contributed by atoms with E-state index in [1.807, 2.05) is 12.1 Å². The highest BCUT2D eigenvalue weighted by molar-refractivity contribution is 8.08. The van der Waals surface area contributed by atoms with Crippen molar-refractivity contribution in [2.45, 2.75) is 6.16 Å². The molecular formula is C10H7Cl2O3PS. The molecule has 0 amide bonds. The van der Waals surface area contributed by atoms with E-state index in [1.54, 1.807) is 12.1 Å². The van der Waals surface area contributed by atoms with Crippen molar-refractivity contribution in [2.24, 2.45) is 0 Å². The van der Waals surface area contributed by atoms with Gasteiger partial charge < -0.3 is 5.11 Å². The van der Waals surface area contributed by atoms with Gasteiger partial charge in [0, 0.05) is 4.70 Å². The van der Waals surface area contributed by atoms with Crippen LogP contribution in [-0.4, -0.2) is 11.1 Å². The second kappa shape index (κ2) is 4.62. The highest BCUT2D eigenvalue weighted by Gasteiger charge is 2.24. The van der Waals surface area contributed by atoms with Gasteiger partial charge in [0.05, 0.1) is 6.16 Å². The standard InChI is InChI=1S/C10H7Cl2O3PS/c11-16(12,15)5-7-6-3-1-2-4-8(6)17-9(7)10(13)14/h1-4H,5H2,(H,13,14). The Balaban J connectivity index is 2.68. The first-order valence-electron chi connectivity index (χ1n) is 4.60. The fourth-order valence-corrected chi connectivity index (χ4v) is 4.19. The van der Waals surface area contributed by atoms with Gasteiger partial charge in [0.2, 0.25) is 0 Å². The van der Waals surface area contributed by atoms with Gasteiger partial charge in [-0.15, -0.1) is 11.3 Å². The smallest absolute Gasteiger partial charge is 0.346 e. The molecule has 0 fully saturated rings. The highest BCUT2D eigenvalue weighted by Crippen LogP contribution is 2.60. The maximum atomic E-state index is 11.4. The first-order chi connectivity index (χ1) is 7.88. The van der Waals surface area contributed by atoms with Crippen molar-refractivity contribution >= 4 is 55.7 Å². The third-order valence-electron chi connectivity index (χ3n) is 2.23. The summed E-state index contributed by atoms with van der Waals surface area (Å²) in [4.78, 5) is 11.3. The largest absolute Gasteiger partial charge is 0.477 e. The lowest BCUT2D eigenvalue weighted by Crippen LogP contribution is -1.96. The Bertz CT molecular complexity index is 632. The minimum Gasteiger partial charge on any atom is -0.477 e. The minimum atomic E-state index is -3.34. The van der Waals surface area contributed by atoms with Gasteiger partial charge in [-0.3, -0.25) is 4.57 Å².